The van der Waals surface area contributed by atoms with Crippen LogP contribution in [0, 0.1) is 5.92 Å². The quantitative estimate of drug-likeness (QED) is 0.456. The number of carbonyl (C=O) groups excluding carboxylic acids is 3. The Hall–Kier alpha value is -3.20. The van der Waals surface area contributed by atoms with Crippen LogP contribution in [0.1, 0.15) is 21.8 Å². The van der Waals surface area contributed by atoms with E-state index < -0.39 is 23.4 Å². The van der Waals surface area contributed by atoms with Gasteiger partial charge < -0.3 is 5.73 Å². The molecule has 3 rings (SSSR count). The van der Waals surface area contributed by atoms with Crippen molar-refractivity contribution in [3.63, 3.8) is 0 Å². The summed E-state index contributed by atoms with van der Waals surface area (Å²) in [6.45, 7) is 0. The monoisotopic (exact) mass is 369 g/mol. The van der Waals surface area contributed by atoms with Crippen LogP contribution < -0.4 is 5.73 Å². The zero-order chi connectivity index (χ0) is 18.5. The summed E-state index contributed by atoms with van der Waals surface area (Å²) in [7, 11) is 0. The van der Waals surface area contributed by atoms with E-state index in [1.807, 2.05) is 17.5 Å². The second kappa shape index (κ2) is 7.79. The van der Waals surface area contributed by atoms with Crippen molar-refractivity contribution < 1.29 is 14.4 Å². The molecule has 1 atom stereocenters. The van der Waals surface area contributed by atoms with Gasteiger partial charge in [0.2, 0.25) is 5.78 Å². The summed E-state index contributed by atoms with van der Waals surface area (Å²) in [5.41, 5.74) is 6.01. The first-order valence-corrected chi connectivity index (χ1v) is 8.65. The molecule has 0 saturated carbocycles. The molecule has 0 bridgehead atoms. The van der Waals surface area contributed by atoms with Crippen LogP contribution in [0.3, 0.4) is 0 Å². The summed E-state index contributed by atoms with van der Waals surface area (Å²) in [5.74, 6) is -3.07. The Morgan fingerprint density at radius 3 is 2.65 bits per heavy atom. The van der Waals surface area contributed by atoms with Crippen LogP contribution in [-0.4, -0.2) is 37.9 Å². The van der Waals surface area contributed by atoms with Crippen LogP contribution in [0.5, 0.6) is 0 Å². The van der Waals surface area contributed by atoms with E-state index in [0.29, 0.717) is 11.4 Å². The average molecular weight is 369 g/mol. The van der Waals surface area contributed by atoms with Crippen molar-refractivity contribution in [2.24, 2.45) is 11.7 Å². The van der Waals surface area contributed by atoms with Crippen molar-refractivity contribution in [2.75, 3.05) is 0 Å². The molecular formula is C17H15N5O3S. The summed E-state index contributed by atoms with van der Waals surface area (Å²) in [6, 6.07) is 8.89. The van der Waals surface area contributed by atoms with Crippen LogP contribution in [0.25, 0.3) is 11.4 Å². The molecule has 8 nitrogen and oxygen atoms in total. The van der Waals surface area contributed by atoms with E-state index in [1.54, 1.807) is 24.4 Å². The molecule has 3 aromatic heterocycles. The van der Waals surface area contributed by atoms with Crippen molar-refractivity contribution >= 4 is 28.8 Å². The lowest BCUT2D eigenvalue weighted by Gasteiger charge is -2.12. The molecule has 1 amide bonds. The number of aromatic amines is 1. The first kappa shape index (κ1) is 17.6. The molecule has 0 fully saturated rings. The van der Waals surface area contributed by atoms with E-state index in [-0.39, 0.29) is 18.5 Å². The van der Waals surface area contributed by atoms with Gasteiger partial charge in [-0.25, -0.2) is 0 Å². The highest BCUT2D eigenvalue weighted by atomic mass is 32.1. The van der Waals surface area contributed by atoms with E-state index in [9.17, 15) is 14.4 Å². The predicted molar refractivity (Wildman–Crippen MR) is 94.3 cm³/mol. The van der Waals surface area contributed by atoms with Gasteiger partial charge in [-0.05, 0) is 30.0 Å². The predicted octanol–water partition coefficient (Wildman–Crippen LogP) is 1.41. The van der Waals surface area contributed by atoms with Crippen molar-refractivity contribution in [1.29, 1.82) is 0 Å². The van der Waals surface area contributed by atoms with Crippen molar-refractivity contribution in [3.05, 3.63) is 52.5 Å². The second-order valence-corrected chi connectivity index (χ2v) is 6.60. The number of hydrogen-bond acceptors (Lipinski definition) is 7. The normalized spacial score (nSPS) is 11.8. The van der Waals surface area contributed by atoms with Crippen LogP contribution in [0.2, 0.25) is 0 Å². The Bertz CT molecular complexity index is 921. The Kier molecular flexibility index (Phi) is 5.28. The minimum Gasteiger partial charge on any atom is -0.363 e. The van der Waals surface area contributed by atoms with E-state index in [1.165, 1.54) is 11.3 Å². The highest BCUT2D eigenvalue weighted by Crippen LogP contribution is 2.23. The first-order chi connectivity index (χ1) is 12.6. The first-order valence-electron chi connectivity index (χ1n) is 7.77. The van der Waals surface area contributed by atoms with Crippen LogP contribution >= 0.6 is 11.3 Å². The van der Waals surface area contributed by atoms with Crippen LogP contribution in [-0.2, 0) is 16.0 Å². The maximum Gasteiger partial charge on any atom is 0.285 e. The van der Waals surface area contributed by atoms with Gasteiger partial charge in [0, 0.05) is 23.4 Å². The number of H-pyrrole nitrogens is 1. The molecule has 0 aliphatic carbocycles. The van der Waals surface area contributed by atoms with E-state index in [4.69, 9.17) is 5.73 Å². The molecular weight excluding hydrogens is 354 g/mol. The number of nitrogens with two attached hydrogens (primary N) is 1. The Morgan fingerprint density at radius 1 is 1.15 bits per heavy atom. The van der Waals surface area contributed by atoms with Gasteiger partial charge in [-0.1, -0.05) is 12.1 Å². The van der Waals surface area contributed by atoms with Gasteiger partial charge in [-0.15, -0.1) is 11.3 Å². The molecule has 0 aliphatic heterocycles. The SMILES string of the molecule is NC(=O)C(=O)C(CC(=O)c1n[nH]nc1-c1ccccn1)Cc1cccs1. The fourth-order valence-electron chi connectivity index (χ4n) is 2.56. The number of carbonyl (C=O) groups is 3. The zero-order valence-electron chi connectivity index (χ0n) is 13.6. The standard InChI is InChI=1S/C17H15N5O3S/c18-17(25)16(24)10(8-11-4-3-7-26-11)9-13(23)15-14(20-22-21-15)12-5-1-2-6-19-12/h1-7,10H,8-9H2,(H2,18,25)(H,20,21,22). The van der Waals surface area contributed by atoms with E-state index >= 15 is 0 Å². The summed E-state index contributed by atoms with van der Waals surface area (Å²) in [5, 5.41) is 12.1. The third-order valence-electron chi connectivity index (χ3n) is 3.79. The number of nitrogens with one attached hydrogen (secondary N) is 1. The number of ketones is 2. The molecule has 3 N–H and O–H groups in total. The number of amides is 1. The van der Waals surface area contributed by atoms with Gasteiger partial charge in [0.1, 0.15) is 5.69 Å². The van der Waals surface area contributed by atoms with Gasteiger partial charge in [-0.3, -0.25) is 19.4 Å². The number of thiophene rings is 1. The summed E-state index contributed by atoms with van der Waals surface area (Å²) < 4.78 is 0. The largest absolute Gasteiger partial charge is 0.363 e. The molecule has 0 aliphatic rings. The highest BCUT2D eigenvalue weighted by Gasteiger charge is 2.29. The molecule has 3 aromatic rings. The Labute approximate surface area is 152 Å². The molecule has 132 valence electrons. The average Bonchev–Trinajstić information content (AvgIpc) is 3.32. The van der Waals surface area contributed by atoms with Gasteiger partial charge >= 0.3 is 0 Å². The topological polar surface area (TPSA) is 132 Å². The summed E-state index contributed by atoms with van der Waals surface area (Å²) >= 11 is 1.45. The van der Waals surface area contributed by atoms with Crippen molar-refractivity contribution in [3.8, 4) is 11.4 Å². The number of nitrogens with zero attached hydrogens (tertiary/aromatic N) is 3. The molecule has 0 radical (unpaired) electrons. The van der Waals surface area contributed by atoms with Crippen LogP contribution in [0.15, 0.2) is 41.9 Å². The van der Waals surface area contributed by atoms with Crippen molar-refractivity contribution in [1.82, 2.24) is 20.4 Å². The lowest BCUT2D eigenvalue weighted by molar-refractivity contribution is -0.138. The van der Waals surface area contributed by atoms with Gasteiger partial charge in [-0.2, -0.15) is 15.4 Å². The van der Waals surface area contributed by atoms with E-state index in [0.717, 1.165) is 4.88 Å². The van der Waals surface area contributed by atoms with Gasteiger partial charge in [0.25, 0.3) is 5.91 Å². The number of hydrogen-bond donors (Lipinski definition) is 2. The summed E-state index contributed by atoms with van der Waals surface area (Å²) in [4.78, 5) is 41.3. The van der Waals surface area contributed by atoms with Gasteiger partial charge in [0.05, 0.1) is 5.69 Å². The third kappa shape index (κ3) is 3.89. The number of primary amides is 1. The second-order valence-electron chi connectivity index (χ2n) is 5.57. The Balaban J connectivity index is 1.83. The highest BCUT2D eigenvalue weighted by molar-refractivity contribution is 7.09. The maximum absolute atomic E-state index is 12.7. The molecule has 0 spiro atoms. The lowest BCUT2D eigenvalue weighted by Crippen LogP contribution is -2.32. The number of aromatic nitrogens is 4. The summed E-state index contributed by atoms with van der Waals surface area (Å²) in [6.07, 6.45) is 1.66. The number of pyridine rings is 1. The lowest BCUT2D eigenvalue weighted by atomic mass is 9.91. The fourth-order valence-corrected chi connectivity index (χ4v) is 3.34. The minimum atomic E-state index is -1.05. The molecule has 9 heteroatoms. The molecule has 3 heterocycles. The smallest absolute Gasteiger partial charge is 0.285 e. The third-order valence-corrected chi connectivity index (χ3v) is 4.69. The Morgan fingerprint density at radius 2 is 2.00 bits per heavy atom. The van der Waals surface area contributed by atoms with Crippen molar-refractivity contribution in [2.45, 2.75) is 12.8 Å². The molecule has 0 aromatic carbocycles. The molecule has 1 unspecified atom stereocenters. The van der Waals surface area contributed by atoms with E-state index in [2.05, 4.69) is 20.4 Å². The molecule has 26 heavy (non-hydrogen) atoms. The number of Topliss-reactive ketones (excluding diaryl/α,β-unsaturated/α-hetero) is 2. The minimum absolute atomic E-state index is 0.0807. The molecule has 0 saturated heterocycles. The van der Waals surface area contributed by atoms with Crippen LogP contribution in [0.4, 0.5) is 0 Å². The fraction of sp³-hybridized carbons (Fsp3) is 0.176. The van der Waals surface area contributed by atoms with Gasteiger partial charge in [0.15, 0.2) is 11.5 Å². The maximum atomic E-state index is 12.7. The zero-order valence-corrected chi connectivity index (χ0v) is 14.4. The number of rotatable bonds is 8.